The van der Waals surface area contributed by atoms with Gasteiger partial charge in [0.25, 0.3) is 0 Å². The van der Waals surface area contributed by atoms with Crippen molar-refractivity contribution >= 4 is 11.7 Å². The molecule has 0 aromatic heterocycles. The van der Waals surface area contributed by atoms with Gasteiger partial charge in [-0.1, -0.05) is 6.08 Å². The summed E-state index contributed by atoms with van der Waals surface area (Å²) in [5.74, 6) is -0.990. The van der Waals surface area contributed by atoms with Gasteiger partial charge in [-0.25, -0.2) is 4.79 Å². The zero-order chi connectivity index (χ0) is 7.28. The van der Waals surface area contributed by atoms with Crippen LogP contribution in [0.5, 0.6) is 0 Å². The van der Waals surface area contributed by atoms with E-state index in [0.29, 0.717) is 0 Å². The van der Waals surface area contributed by atoms with Gasteiger partial charge in [0.2, 0.25) is 0 Å². The summed E-state index contributed by atoms with van der Waals surface area (Å²) >= 11 is 0. The molecule has 0 atom stereocenters. The first-order valence-electron chi connectivity index (χ1n) is 2.55. The summed E-state index contributed by atoms with van der Waals surface area (Å²) in [7, 11) is 1.45. The van der Waals surface area contributed by atoms with E-state index in [4.69, 9.17) is 5.11 Å². The van der Waals surface area contributed by atoms with E-state index in [0.717, 1.165) is 0 Å². The van der Waals surface area contributed by atoms with Gasteiger partial charge in [0.1, 0.15) is 5.71 Å². The fourth-order valence-corrected chi connectivity index (χ4v) is 0.399. The van der Waals surface area contributed by atoms with E-state index in [-0.39, 0.29) is 5.71 Å². The molecule has 3 heteroatoms. The molecule has 0 fully saturated rings. The summed E-state index contributed by atoms with van der Waals surface area (Å²) in [5, 5.41) is 8.32. The van der Waals surface area contributed by atoms with Crippen LogP contribution in [0, 0.1) is 0 Å². The fourth-order valence-electron chi connectivity index (χ4n) is 0.399. The maximum Gasteiger partial charge on any atom is 0.354 e. The van der Waals surface area contributed by atoms with Crippen molar-refractivity contribution in [2.24, 2.45) is 4.99 Å². The molecule has 0 unspecified atom stereocenters. The second kappa shape index (κ2) is 3.83. The van der Waals surface area contributed by atoms with Crippen LogP contribution in [0.2, 0.25) is 0 Å². The molecule has 0 saturated heterocycles. The molecule has 0 heterocycles. The molecule has 0 bridgehead atoms. The molecule has 0 rings (SSSR count). The summed E-state index contributed by atoms with van der Waals surface area (Å²) in [6.45, 7) is 1.74. The van der Waals surface area contributed by atoms with Gasteiger partial charge in [-0.2, -0.15) is 0 Å². The highest BCUT2D eigenvalue weighted by Crippen LogP contribution is 1.80. The standard InChI is InChI=1S/C6H9NO2/c1-3-4-5(7-2)6(8)9/h3-4H,1-2H3,(H,8,9)/b4-3-,7-5?. The molecule has 0 radical (unpaired) electrons. The number of carboxylic acids is 1. The molecule has 3 nitrogen and oxygen atoms in total. The van der Waals surface area contributed by atoms with Crippen molar-refractivity contribution in [2.45, 2.75) is 6.92 Å². The van der Waals surface area contributed by atoms with E-state index >= 15 is 0 Å². The lowest BCUT2D eigenvalue weighted by molar-refractivity contribution is -0.129. The van der Waals surface area contributed by atoms with Crippen molar-refractivity contribution in [1.82, 2.24) is 0 Å². The maximum atomic E-state index is 10.1. The molecular weight excluding hydrogens is 118 g/mol. The van der Waals surface area contributed by atoms with Crippen LogP contribution in [-0.4, -0.2) is 23.8 Å². The third-order valence-corrected chi connectivity index (χ3v) is 0.785. The third kappa shape index (κ3) is 2.64. The predicted molar refractivity (Wildman–Crippen MR) is 35.8 cm³/mol. The Labute approximate surface area is 53.7 Å². The number of nitrogens with zero attached hydrogens (tertiary/aromatic N) is 1. The van der Waals surface area contributed by atoms with Crippen molar-refractivity contribution < 1.29 is 9.90 Å². The Balaban J connectivity index is 4.19. The molecule has 0 amide bonds. The van der Waals surface area contributed by atoms with Crippen LogP contribution >= 0.6 is 0 Å². The van der Waals surface area contributed by atoms with E-state index in [2.05, 4.69) is 4.99 Å². The Morgan fingerprint density at radius 3 is 2.33 bits per heavy atom. The van der Waals surface area contributed by atoms with E-state index in [1.165, 1.54) is 13.1 Å². The summed E-state index contributed by atoms with van der Waals surface area (Å²) < 4.78 is 0. The molecule has 50 valence electrons. The topological polar surface area (TPSA) is 49.7 Å². The smallest absolute Gasteiger partial charge is 0.354 e. The number of aliphatic imine (C=N–C) groups is 1. The highest BCUT2D eigenvalue weighted by Gasteiger charge is 2.00. The van der Waals surface area contributed by atoms with Crippen LogP contribution in [0.1, 0.15) is 6.92 Å². The first-order chi connectivity index (χ1) is 4.22. The second-order valence-electron chi connectivity index (χ2n) is 1.41. The fraction of sp³-hybridized carbons (Fsp3) is 0.333. The average Bonchev–Trinajstić information content (AvgIpc) is 1.82. The lowest BCUT2D eigenvalue weighted by Crippen LogP contribution is -2.08. The van der Waals surface area contributed by atoms with Crippen molar-refractivity contribution in [3.8, 4) is 0 Å². The van der Waals surface area contributed by atoms with Crippen molar-refractivity contribution in [1.29, 1.82) is 0 Å². The normalized spacial score (nSPS) is 12.4. The quantitative estimate of drug-likeness (QED) is 0.555. The molecule has 0 aliphatic rings. The van der Waals surface area contributed by atoms with Crippen LogP contribution in [0.25, 0.3) is 0 Å². The van der Waals surface area contributed by atoms with Crippen LogP contribution in [0.15, 0.2) is 17.1 Å². The van der Waals surface area contributed by atoms with Crippen molar-refractivity contribution in [3.05, 3.63) is 12.2 Å². The minimum absolute atomic E-state index is 0.0810. The van der Waals surface area contributed by atoms with Crippen LogP contribution in [0.3, 0.4) is 0 Å². The number of hydrogen-bond acceptors (Lipinski definition) is 2. The molecular formula is C6H9NO2. The molecule has 0 aliphatic carbocycles. The SMILES string of the molecule is C/C=C\C(=NC)C(=O)O. The summed E-state index contributed by atoms with van der Waals surface area (Å²) in [4.78, 5) is 13.6. The lowest BCUT2D eigenvalue weighted by Gasteiger charge is -1.87. The van der Waals surface area contributed by atoms with Crippen molar-refractivity contribution in [2.75, 3.05) is 7.05 Å². The number of carbonyl (C=O) groups is 1. The number of rotatable bonds is 2. The molecule has 9 heavy (non-hydrogen) atoms. The molecule has 1 N–H and O–H groups in total. The largest absolute Gasteiger partial charge is 0.477 e. The van der Waals surface area contributed by atoms with Gasteiger partial charge in [-0.05, 0) is 13.0 Å². The monoisotopic (exact) mass is 127 g/mol. The summed E-state index contributed by atoms with van der Waals surface area (Å²) in [6.07, 6.45) is 3.08. The van der Waals surface area contributed by atoms with Crippen LogP contribution in [-0.2, 0) is 4.79 Å². The Bertz CT molecular complexity index is 158. The molecule has 0 aromatic rings. The third-order valence-electron chi connectivity index (χ3n) is 0.785. The lowest BCUT2D eigenvalue weighted by atomic mass is 10.3. The molecule has 0 aromatic carbocycles. The van der Waals surface area contributed by atoms with Gasteiger partial charge >= 0.3 is 5.97 Å². The summed E-state index contributed by atoms with van der Waals surface area (Å²) in [5.41, 5.74) is 0.0810. The van der Waals surface area contributed by atoms with Gasteiger partial charge < -0.3 is 5.11 Å². The minimum Gasteiger partial charge on any atom is -0.477 e. The zero-order valence-electron chi connectivity index (χ0n) is 5.46. The molecule has 0 aliphatic heterocycles. The van der Waals surface area contributed by atoms with Gasteiger partial charge in [-0.15, -0.1) is 0 Å². The van der Waals surface area contributed by atoms with E-state index in [1.807, 2.05) is 0 Å². The van der Waals surface area contributed by atoms with Gasteiger partial charge in [-0.3, -0.25) is 4.99 Å². The maximum absolute atomic E-state index is 10.1. The van der Waals surface area contributed by atoms with Gasteiger partial charge in [0, 0.05) is 7.05 Å². The molecule has 0 saturated carbocycles. The van der Waals surface area contributed by atoms with Crippen molar-refractivity contribution in [3.63, 3.8) is 0 Å². The highest BCUT2D eigenvalue weighted by molar-refractivity contribution is 6.40. The number of hydrogen-bond donors (Lipinski definition) is 1. The second-order valence-corrected chi connectivity index (χ2v) is 1.41. The number of aliphatic carboxylic acids is 1. The minimum atomic E-state index is -0.990. The van der Waals surface area contributed by atoms with Gasteiger partial charge in [0.15, 0.2) is 0 Å². The van der Waals surface area contributed by atoms with E-state index in [1.54, 1.807) is 13.0 Å². The Morgan fingerprint density at radius 2 is 2.22 bits per heavy atom. The number of carboxylic acid groups (broad SMARTS) is 1. The molecule has 0 spiro atoms. The Morgan fingerprint density at radius 1 is 1.67 bits per heavy atom. The predicted octanol–water partition coefficient (Wildman–Crippen LogP) is 0.718. The Hall–Kier alpha value is -1.12. The summed E-state index contributed by atoms with van der Waals surface area (Å²) in [6, 6.07) is 0. The zero-order valence-corrected chi connectivity index (χ0v) is 5.46. The first kappa shape index (κ1) is 7.88. The van der Waals surface area contributed by atoms with E-state index in [9.17, 15) is 4.79 Å². The Kier molecular flexibility index (Phi) is 3.35. The highest BCUT2D eigenvalue weighted by atomic mass is 16.4. The van der Waals surface area contributed by atoms with Crippen LogP contribution in [0.4, 0.5) is 0 Å². The average molecular weight is 127 g/mol. The first-order valence-corrected chi connectivity index (χ1v) is 2.55. The number of allylic oxidation sites excluding steroid dienone is 1. The van der Waals surface area contributed by atoms with Gasteiger partial charge in [0.05, 0.1) is 0 Å². The van der Waals surface area contributed by atoms with E-state index < -0.39 is 5.97 Å². The van der Waals surface area contributed by atoms with Crippen LogP contribution < -0.4 is 0 Å².